The van der Waals surface area contributed by atoms with E-state index in [4.69, 9.17) is 10.9 Å². The van der Waals surface area contributed by atoms with Gasteiger partial charge in [-0.15, -0.1) is 0 Å². The summed E-state index contributed by atoms with van der Waals surface area (Å²) in [4.78, 5) is 2.34. The molecule has 0 atom stereocenters. The van der Waals surface area contributed by atoms with E-state index in [1.165, 1.54) is 12.8 Å². The van der Waals surface area contributed by atoms with Crippen LogP contribution in [-0.2, 0) is 0 Å². The molecule has 14 heavy (non-hydrogen) atoms. The van der Waals surface area contributed by atoms with E-state index in [0.717, 1.165) is 13.0 Å². The Kier molecular flexibility index (Phi) is 7.20. The highest BCUT2D eigenvalue weighted by Crippen LogP contribution is 2.06. The van der Waals surface area contributed by atoms with Crippen molar-refractivity contribution in [1.29, 1.82) is 0 Å². The summed E-state index contributed by atoms with van der Waals surface area (Å²) in [7, 11) is 2.13. The summed E-state index contributed by atoms with van der Waals surface area (Å²) in [5.41, 5.74) is 5.38. The molecule has 4 nitrogen and oxygen atoms in total. The van der Waals surface area contributed by atoms with E-state index < -0.39 is 0 Å². The van der Waals surface area contributed by atoms with Gasteiger partial charge in [0, 0.05) is 12.5 Å². The molecule has 0 aromatic heterocycles. The maximum absolute atomic E-state index is 8.35. The first kappa shape index (κ1) is 13.2. The van der Waals surface area contributed by atoms with Gasteiger partial charge in [-0.25, -0.2) is 0 Å². The Balaban J connectivity index is 3.67. The maximum Gasteiger partial charge on any atom is 0.139 e. The predicted octanol–water partition coefficient (Wildman–Crippen LogP) is 1.63. The van der Waals surface area contributed by atoms with Gasteiger partial charge >= 0.3 is 0 Å². The molecule has 0 spiro atoms. The van der Waals surface area contributed by atoms with Gasteiger partial charge in [0.25, 0.3) is 0 Å². The van der Waals surface area contributed by atoms with Gasteiger partial charge in [-0.05, 0) is 32.9 Å². The molecule has 0 unspecified atom stereocenters. The van der Waals surface area contributed by atoms with Crippen molar-refractivity contribution < 1.29 is 5.21 Å². The highest BCUT2D eigenvalue weighted by molar-refractivity contribution is 5.79. The molecule has 0 fully saturated rings. The summed E-state index contributed by atoms with van der Waals surface area (Å²) in [5, 5.41) is 11.3. The van der Waals surface area contributed by atoms with Gasteiger partial charge in [-0.1, -0.05) is 19.0 Å². The van der Waals surface area contributed by atoms with E-state index in [0.29, 0.717) is 18.3 Å². The van der Waals surface area contributed by atoms with Crippen LogP contribution in [0.2, 0.25) is 0 Å². The summed E-state index contributed by atoms with van der Waals surface area (Å²) >= 11 is 0. The molecule has 0 radical (unpaired) electrons. The zero-order chi connectivity index (χ0) is 11.0. The molecule has 0 aliphatic carbocycles. The fourth-order valence-corrected chi connectivity index (χ4v) is 1.65. The van der Waals surface area contributed by atoms with Crippen LogP contribution < -0.4 is 5.73 Å². The molecule has 0 amide bonds. The number of oxime groups is 1. The van der Waals surface area contributed by atoms with Gasteiger partial charge in [0.05, 0.1) is 0 Å². The van der Waals surface area contributed by atoms with E-state index in [9.17, 15) is 0 Å². The van der Waals surface area contributed by atoms with E-state index in [-0.39, 0.29) is 0 Å². The van der Waals surface area contributed by atoms with E-state index in [1.54, 1.807) is 0 Å². The quantitative estimate of drug-likeness (QED) is 0.285. The Morgan fingerprint density at radius 1 is 1.43 bits per heavy atom. The van der Waals surface area contributed by atoms with Crippen molar-refractivity contribution >= 4 is 5.84 Å². The normalized spacial score (nSPS) is 12.8. The lowest BCUT2D eigenvalue weighted by Gasteiger charge is -2.25. The molecule has 0 rings (SSSR count). The van der Waals surface area contributed by atoms with Crippen LogP contribution in [0.25, 0.3) is 0 Å². The van der Waals surface area contributed by atoms with Crippen molar-refractivity contribution in [1.82, 2.24) is 4.90 Å². The lowest BCUT2D eigenvalue weighted by molar-refractivity contribution is 0.228. The minimum Gasteiger partial charge on any atom is -0.409 e. The van der Waals surface area contributed by atoms with Crippen molar-refractivity contribution in [3.05, 3.63) is 0 Å². The third-order valence-electron chi connectivity index (χ3n) is 2.64. The van der Waals surface area contributed by atoms with E-state index in [1.807, 2.05) is 0 Å². The van der Waals surface area contributed by atoms with Gasteiger partial charge in [0.15, 0.2) is 0 Å². The molecular weight excluding hydrogens is 178 g/mol. The Morgan fingerprint density at radius 2 is 2.00 bits per heavy atom. The van der Waals surface area contributed by atoms with Crippen LogP contribution in [0.3, 0.4) is 0 Å². The molecule has 0 aromatic rings. The van der Waals surface area contributed by atoms with Crippen molar-refractivity contribution in [3.8, 4) is 0 Å². The average molecular weight is 201 g/mol. The number of nitrogens with zero attached hydrogens (tertiary/aromatic N) is 2. The van der Waals surface area contributed by atoms with Crippen LogP contribution in [0.5, 0.6) is 0 Å². The molecule has 3 N–H and O–H groups in total. The summed E-state index contributed by atoms with van der Waals surface area (Å²) in [6.07, 6.45) is 3.97. The predicted molar refractivity (Wildman–Crippen MR) is 59.6 cm³/mol. The number of rotatable bonds is 7. The van der Waals surface area contributed by atoms with Gasteiger partial charge in [-0.3, -0.25) is 0 Å². The number of amidine groups is 1. The molecule has 0 aliphatic rings. The highest BCUT2D eigenvalue weighted by atomic mass is 16.4. The molecule has 0 heterocycles. The lowest BCUT2D eigenvalue weighted by atomic mass is 10.1. The summed E-state index contributed by atoms with van der Waals surface area (Å²) in [6, 6.07) is 0.655. The second-order valence-electron chi connectivity index (χ2n) is 3.65. The van der Waals surface area contributed by atoms with Gasteiger partial charge in [-0.2, -0.15) is 0 Å². The van der Waals surface area contributed by atoms with Crippen LogP contribution in [0, 0.1) is 0 Å². The van der Waals surface area contributed by atoms with Crippen molar-refractivity contribution in [3.63, 3.8) is 0 Å². The Morgan fingerprint density at radius 3 is 2.43 bits per heavy atom. The van der Waals surface area contributed by atoms with Crippen molar-refractivity contribution in [2.45, 2.75) is 45.6 Å². The molecule has 0 aliphatic heterocycles. The number of hydrogen-bond donors (Lipinski definition) is 2. The summed E-state index contributed by atoms with van der Waals surface area (Å²) in [6.45, 7) is 5.41. The van der Waals surface area contributed by atoms with Gasteiger partial charge < -0.3 is 15.8 Å². The molecule has 4 heteroatoms. The average Bonchev–Trinajstić information content (AvgIpc) is 2.19. The van der Waals surface area contributed by atoms with Crippen LogP contribution >= 0.6 is 0 Å². The Hall–Kier alpha value is -0.770. The van der Waals surface area contributed by atoms with E-state index in [2.05, 4.69) is 31.0 Å². The van der Waals surface area contributed by atoms with Crippen LogP contribution in [0.15, 0.2) is 5.16 Å². The zero-order valence-electron chi connectivity index (χ0n) is 9.53. The van der Waals surface area contributed by atoms with Crippen LogP contribution in [0.1, 0.15) is 39.5 Å². The van der Waals surface area contributed by atoms with Crippen molar-refractivity contribution in [2.24, 2.45) is 10.9 Å². The first-order valence-electron chi connectivity index (χ1n) is 5.32. The minimum atomic E-state index is 0.322. The third-order valence-corrected chi connectivity index (χ3v) is 2.64. The van der Waals surface area contributed by atoms with Gasteiger partial charge in [0.1, 0.15) is 5.84 Å². The molecular formula is C10H23N3O. The molecule has 84 valence electrons. The first-order valence-corrected chi connectivity index (χ1v) is 5.32. The maximum atomic E-state index is 8.35. The second-order valence-corrected chi connectivity index (χ2v) is 3.65. The smallest absolute Gasteiger partial charge is 0.139 e. The number of hydrogen-bond acceptors (Lipinski definition) is 3. The highest BCUT2D eigenvalue weighted by Gasteiger charge is 2.09. The molecule has 0 bridgehead atoms. The third kappa shape index (κ3) is 5.07. The van der Waals surface area contributed by atoms with Crippen LogP contribution in [0.4, 0.5) is 0 Å². The van der Waals surface area contributed by atoms with Gasteiger partial charge in [0.2, 0.25) is 0 Å². The molecule has 0 saturated carbocycles. The minimum absolute atomic E-state index is 0.322. The van der Waals surface area contributed by atoms with Crippen LogP contribution in [-0.4, -0.2) is 35.6 Å². The topological polar surface area (TPSA) is 61.8 Å². The summed E-state index contributed by atoms with van der Waals surface area (Å²) < 4.78 is 0. The first-order chi connectivity index (χ1) is 6.65. The SMILES string of the molecule is CCC(CC)N(C)CCC/C(N)=N/O. The number of nitrogens with two attached hydrogens (primary N) is 1. The largest absolute Gasteiger partial charge is 0.409 e. The second kappa shape index (κ2) is 7.62. The fraction of sp³-hybridized carbons (Fsp3) is 0.900. The van der Waals surface area contributed by atoms with E-state index >= 15 is 0 Å². The monoisotopic (exact) mass is 201 g/mol. The van der Waals surface area contributed by atoms with Crippen molar-refractivity contribution in [2.75, 3.05) is 13.6 Å². The Bertz CT molecular complexity index is 167. The lowest BCUT2D eigenvalue weighted by Crippen LogP contribution is -2.31. The Labute approximate surface area is 86.8 Å². The standard InChI is InChI=1S/C10H23N3O/c1-4-9(5-2)13(3)8-6-7-10(11)12-14/h9,14H,4-8H2,1-3H3,(H2,11,12). The fourth-order valence-electron chi connectivity index (χ4n) is 1.65. The molecule has 0 saturated heterocycles. The molecule has 0 aromatic carbocycles. The summed E-state index contributed by atoms with van der Waals surface area (Å²) in [5.74, 6) is 0.322. The zero-order valence-corrected chi connectivity index (χ0v) is 9.53.